The molecule has 0 heterocycles. The van der Waals surface area contributed by atoms with E-state index in [4.69, 9.17) is 0 Å². The summed E-state index contributed by atoms with van der Waals surface area (Å²) >= 11 is 0. The highest BCUT2D eigenvalue weighted by molar-refractivity contribution is 5.95. The van der Waals surface area contributed by atoms with Crippen LogP contribution in [0.2, 0.25) is 0 Å². The second-order valence-corrected chi connectivity index (χ2v) is 6.72. The van der Waals surface area contributed by atoms with Crippen LogP contribution in [-0.2, 0) is 16.0 Å². The first-order valence-electron chi connectivity index (χ1n) is 9.50. The predicted octanol–water partition coefficient (Wildman–Crippen LogP) is 3.86. The predicted molar refractivity (Wildman–Crippen MR) is 112 cm³/mol. The molecule has 160 valence electrons. The fourth-order valence-corrected chi connectivity index (χ4v) is 2.90. The first-order valence-corrected chi connectivity index (χ1v) is 9.50. The number of anilines is 2. The zero-order valence-electron chi connectivity index (χ0n) is 16.4. The molecular weight excluding hydrogens is 407 g/mol. The Labute approximate surface area is 177 Å². The number of benzene rings is 3. The van der Waals surface area contributed by atoms with Gasteiger partial charge in [-0.05, 0) is 35.7 Å². The molecule has 0 saturated heterocycles. The van der Waals surface area contributed by atoms with Crippen LogP contribution >= 0.6 is 0 Å². The number of carbonyl (C=O) groups is 2. The minimum Gasteiger partial charge on any atom is -0.376 e. The van der Waals surface area contributed by atoms with Gasteiger partial charge in [0, 0.05) is 5.69 Å². The zero-order chi connectivity index (χ0) is 22.2. The number of carbonyl (C=O) groups excluding carboxylic acids is 2. The fourth-order valence-electron chi connectivity index (χ4n) is 2.90. The largest absolute Gasteiger partial charge is 0.376 e. The smallest absolute Gasteiger partial charge is 0.243 e. The Balaban J connectivity index is 1.50. The van der Waals surface area contributed by atoms with Crippen LogP contribution in [0, 0.1) is 17.5 Å². The van der Waals surface area contributed by atoms with E-state index in [1.807, 2.05) is 54.6 Å². The number of amides is 2. The number of rotatable bonds is 8. The first-order chi connectivity index (χ1) is 14.9. The van der Waals surface area contributed by atoms with Crippen LogP contribution < -0.4 is 16.0 Å². The summed E-state index contributed by atoms with van der Waals surface area (Å²) in [5.41, 5.74) is 2.41. The molecule has 3 rings (SSSR count). The molecule has 0 bridgehead atoms. The first kappa shape index (κ1) is 21.9. The van der Waals surface area contributed by atoms with Gasteiger partial charge in [0.2, 0.25) is 11.8 Å². The molecule has 0 aliphatic rings. The number of nitrogens with one attached hydrogen (secondary N) is 3. The Hall–Kier alpha value is -3.81. The molecule has 2 amide bonds. The summed E-state index contributed by atoms with van der Waals surface area (Å²) in [4.78, 5) is 23.9. The number of hydrogen-bond donors (Lipinski definition) is 3. The lowest BCUT2D eigenvalue weighted by atomic mass is 10.0. The van der Waals surface area contributed by atoms with Gasteiger partial charge in [-0.25, -0.2) is 13.2 Å². The van der Waals surface area contributed by atoms with Crippen molar-refractivity contribution in [2.45, 2.75) is 6.42 Å². The summed E-state index contributed by atoms with van der Waals surface area (Å²) in [5, 5.41) is 7.51. The average Bonchev–Trinajstić information content (AvgIpc) is 2.78. The zero-order valence-corrected chi connectivity index (χ0v) is 16.4. The van der Waals surface area contributed by atoms with E-state index >= 15 is 0 Å². The van der Waals surface area contributed by atoms with E-state index in [0.29, 0.717) is 12.5 Å². The molecule has 0 aromatic heterocycles. The van der Waals surface area contributed by atoms with E-state index in [1.165, 1.54) is 0 Å². The van der Waals surface area contributed by atoms with Crippen molar-refractivity contribution in [3.63, 3.8) is 0 Å². The van der Waals surface area contributed by atoms with Gasteiger partial charge in [0.15, 0.2) is 17.5 Å². The molecule has 31 heavy (non-hydrogen) atoms. The molecule has 3 aromatic carbocycles. The lowest BCUT2D eigenvalue weighted by molar-refractivity contribution is -0.122. The van der Waals surface area contributed by atoms with Crippen molar-refractivity contribution < 1.29 is 22.8 Å². The summed E-state index contributed by atoms with van der Waals surface area (Å²) in [6.07, 6.45) is 0.688. The highest BCUT2D eigenvalue weighted by Gasteiger charge is 2.15. The summed E-state index contributed by atoms with van der Waals surface area (Å²) < 4.78 is 39.7. The van der Waals surface area contributed by atoms with Crippen molar-refractivity contribution >= 4 is 23.2 Å². The Morgan fingerprint density at radius 1 is 0.710 bits per heavy atom. The van der Waals surface area contributed by atoms with E-state index in [1.54, 1.807) is 0 Å². The van der Waals surface area contributed by atoms with E-state index in [-0.39, 0.29) is 6.54 Å². The van der Waals surface area contributed by atoms with Crippen LogP contribution in [0.3, 0.4) is 0 Å². The molecule has 8 heteroatoms. The Morgan fingerprint density at radius 3 is 2.19 bits per heavy atom. The molecule has 0 saturated carbocycles. The number of para-hydroxylation sites is 1. The van der Waals surface area contributed by atoms with Crippen molar-refractivity contribution in [2.24, 2.45) is 0 Å². The second-order valence-electron chi connectivity index (χ2n) is 6.72. The van der Waals surface area contributed by atoms with Crippen LogP contribution in [0.5, 0.6) is 0 Å². The van der Waals surface area contributed by atoms with E-state index in [2.05, 4.69) is 16.0 Å². The van der Waals surface area contributed by atoms with Crippen LogP contribution in [0.1, 0.15) is 11.1 Å². The number of hydrogen-bond acceptors (Lipinski definition) is 3. The quantitative estimate of drug-likeness (QED) is 0.478. The van der Waals surface area contributed by atoms with Crippen LogP contribution in [0.4, 0.5) is 24.5 Å². The van der Waals surface area contributed by atoms with Gasteiger partial charge in [0.05, 0.1) is 18.8 Å². The van der Waals surface area contributed by atoms with E-state index in [0.717, 1.165) is 22.9 Å². The lowest BCUT2D eigenvalue weighted by Crippen LogP contribution is -2.36. The average molecular weight is 427 g/mol. The topological polar surface area (TPSA) is 70.2 Å². The van der Waals surface area contributed by atoms with Crippen LogP contribution in [-0.4, -0.2) is 24.9 Å². The van der Waals surface area contributed by atoms with Gasteiger partial charge in [-0.15, -0.1) is 0 Å². The summed E-state index contributed by atoms with van der Waals surface area (Å²) in [6, 6.07) is 19.0. The van der Waals surface area contributed by atoms with E-state index < -0.39 is 41.5 Å². The van der Waals surface area contributed by atoms with Crippen LogP contribution in [0.15, 0.2) is 66.7 Å². The molecule has 0 unspecified atom stereocenters. The molecule has 3 N–H and O–H groups in total. The standard InChI is InChI=1S/C23H20F3N3O2/c24-17-10-11-19(23(26)22(17)25)29-21(31)14-28-20(30)13-27-18-9-5-4-8-16(18)12-15-6-2-1-3-7-15/h1-11,27H,12-14H2,(H,28,30)(H,29,31). The van der Waals surface area contributed by atoms with Crippen molar-refractivity contribution in [3.8, 4) is 0 Å². The molecular formula is C23H20F3N3O2. The molecule has 5 nitrogen and oxygen atoms in total. The lowest BCUT2D eigenvalue weighted by Gasteiger charge is -2.12. The maximum atomic E-state index is 13.6. The molecule has 0 radical (unpaired) electrons. The van der Waals surface area contributed by atoms with Crippen molar-refractivity contribution in [2.75, 3.05) is 23.7 Å². The van der Waals surface area contributed by atoms with Gasteiger partial charge in [-0.2, -0.15) is 0 Å². The maximum Gasteiger partial charge on any atom is 0.243 e. The summed E-state index contributed by atoms with van der Waals surface area (Å²) in [6.45, 7) is -0.538. The Bertz CT molecular complexity index is 1070. The number of halogens is 3. The minimum absolute atomic E-state index is 0.0847. The third-order valence-electron chi connectivity index (χ3n) is 4.45. The van der Waals surface area contributed by atoms with Gasteiger partial charge in [0.1, 0.15) is 0 Å². The third kappa shape index (κ3) is 6.08. The highest BCUT2D eigenvalue weighted by atomic mass is 19.2. The Morgan fingerprint density at radius 2 is 1.42 bits per heavy atom. The molecule has 3 aromatic rings. The maximum absolute atomic E-state index is 13.6. The van der Waals surface area contributed by atoms with Crippen LogP contribution in [0.25, 0.3) is 0 Å². The molecule has 0 aliphatic carbocycles. The molecule has 0 atom stereocenters. The SMILES string of the molecule is O=C(CNc1ccccc1Cc1ccccc1)NCC(=O)Nc1ccc(F)c(F)c1F. The van der Waals surface area contributed by atoms with Crippen molar-refractivity contribution in [3.05, 3.63) is 95.3 Å². The van der Waals surface area contributed by atoms with Gasteiger partial charge in [-0.1, -0.05) is 48.5 Å². The fraction of sp³-hybridized carbons (Fsp3) is 0.130. The second kappa shape index (κ2) is 10.3. The summed E-state index contributed by atoms with van der Waals surface area (Å²) in [5.74, 6) is -5.78. The van der Waals surface area contributed by atoms with Gasteiger partial charge < -0.3 is 16.0 Å². The molecule has 0 fully saturated rings. The highest BCUT2D eigenvalue weighted by Crippen LogP contribution is 2.20. The van der Waals surface area contributed by atoms with Gasteiger partial charge in [0.25, 0.3) is 0 Å². The monoisotopic (exact) mass is 427 g/mol. The van der Waals surface area contributed by atoms with Crippen molar-refractivity contribution in [1.29, 1.82) is 0 Å². The third-order valence-corrected chi connectivity index (χ3v) is 4.45. The van der Waals surface area contributed by atoms with Crippen molar-refractivity contribution in [1.82, 2.24) is 5.32 Å². The minimum atomic E-state index is -1.68. The van der Waals surface area contributed by atoms with Gasteiger partial charge >= 0.3 is 0 Å². The normalized spacial score (nSPS) is 10.4. The molecule has 0 spiro atoms. The molecule has 0 aliphatic heterocycles. The summed E-state index contributed by atoms with van der Waals surface area (Å²) in [7, 11) is 0. The van der Waals surface area contributed by atoms with E-state index in [9.17, 15) is 22.8 Å². The van der Waals surface area contributed by atoms with Gasteiger partial charge in [-0.3, -0.25) is 9.59 Å². The Kier molecular flexibility index (Phi) is 7.26.